The lowest BCUT2D eigenvalue weighted by atomic mass is 9.98. The van der Waals surface area contributed by atoms with Crippen LogP contribution in [0.15, 0.2) is 218 Å². The number of hydrogen-bond acceptors (Lipinski definition) is 1. The lowest BCUT2D eigenvalue weighted by molar-refractivity contribution is 1.18. The van der Waals surface area contributed by atoms with Crippen LogP contribution in [0.3, 0.4) is 0 Å². The number of fused-ring (bicyclic) bond motifs is 4. The highest BCUT2D eigenvalue weighted by Gasteiger charge is 2.17. The van der Waals surface area contributed by atoms with Gasteiger partial charge in [-0.05, 0) is 93.2 Å². The first-order valence-electron chi connectivity index (χ1n) is 18.5. The first-order valence-corrected chi connectivity index (χ1v) is 18.5. The van der Waals surface area contributed by atoms with Crippen molar-refractivity contribution in [2.24, 2.45) is 0 Å². The quantitative estimate of drug-likeness (QED) is 0.162. The molecule has 254 valence electrons. The Balaban J connectivity index is 1.08. The molecular formula is C52H36N2. The average molecular weight is 689 g/mol. The Labute approximate surface area is 315 Å². The summed E-state index contributed by atoms with van der Waals surface area (Å²) in [7, 11) is 0. The highest BCUT2D eigenvalue weighted by Crippen LogP contribution is 2.41. The maximum Gasteiger partial charge on any atom is 0.0541 e. The molecule has 0 saturated heterocycles. The van der Waals surface area contributed by atoms with Crippen molar-refractivity contribution in [1.82, 2.24) is 4.57 Å². The fraction of sp³-hybridized carbons (Fsp3) is 0. The van der Waals surface area contributed by atoms with Crippen LogP contribution in [0.2, 0.25) is 0 Å². The zero-order valence-electron chi connectivity index (χ0n) is 29.7. The number of rotatable bonds is 7. The van der Waals surface area contributed by atoms with Crippen LogP contribution in [-0.2, 0) is 0 Å². The molecule has 54 heavy (non-hydrogen) atoms. The van der Waals surface area contributed by atoms with Gasteiger partial charge < -0.3 is 9.47 Å². The van der Waals surface area contributed by atoms with Crippen LogP contribution in [0.25, 0.3) is 71.6 Å². The van der Waals surface area contributed by atoms with Gasteiger partial charge in [0, 0.05) is 33.4 Å². The zero-order chi connectivity index (χ0) is 35.8. The summed E-state index contributed by atoms with van der Waals surface area (Å²) in [5, 5.41) is 5.03. The molecule has 1 aromatic heterocycles. The highest BCUT2D eigenvalue weighted by atomic mass is 15.1. The molecule has 10 rings (SSSR count). The van der Waals surface area contributed by atoms with Crippen molar-refractivity contribution < 1.29 is 0 Å². The summed E-state index contributed by atoms with van der Waals surface area (Å²) >= 11 is 0. The van der Waals surface area contributed by atoms with Crippen LogP contribution < -0.4 is 4.90 Å². The number of para-hydroxylation sites is 3. The van der Waals surface area contributed by atoms with Crippen molar-refractivity contribution in [3.8, 4) is 39.1 Å². The molecule has 0 bridgehead atoms. The second-order valence-electron chi connectivity index (χ2n) is 13.8. The molecule has 0 saturated carbocycles. The van der Waals surface area contributed by atoms with E-state index >= 15 is 0 Å². The second-order valence-corrected chi connectivity index (χ2v) is 13.8. The molecule has 0 fully saturated rings. The van der Waals surface area contributed by atoms with Crippen LogP contribution in [0.1, 0.15) is 0 Å². The Kier molecular flexibility index (Phi) is 7.85. The van der Waals surface area contributed by atoms with Crippen LogP contribution in [0.4, 0.5) is 17.1 Å². The van der Waals surface area contributed by atoms with Crippen molar-refractivity contribution >= 4 is 49.6 Å². The molecule has 0 aliphatic heterocycles. The van der Waals surface area contributed by atoms with E-state index in [1.165, 1.54) is 71.6 Å². The maximum atomic E-state index is 2.41. The van der Waals surface area contributed by atoms with Crippen LogP contribution in [0, 0.1) is 0 Å². The first-order chi connectivity index (χ1) is 26.8. The van der Waals surface area contributed by atoms with Crippen molar-refractivity contribution in [3.05, 3.63) is 218 Å². The van der Waals surface area contributed by atoms with Gasteiger partial charge in [-0.25, -0.2) is 0 Å². The van der Waals surface area contributed by atoms with Gasteiger partial charge in [-0.3, -0.25) is 0 Å². The second kappa shape index (κ2) is 13.4. The number of anilines is 3. The molecular weight excluding hydrogens is 653 g/mol. The summed E-state index contributed by atoms with van der Waals surface area (Å²) in [5.74, 6) is 0. The van der Waals surface area contributed by atoms with E-state index in [9.17, 15) is 0 Å². The van der Waals surface area contributed by atoms with E-state index in [0.29, 0.717) is 0 Å². The van der Waals surface area contributed by atoms with Gasteiger partial charge in [-0.2, -0.15) is 0 Å². The van der Waals surface area contributed by atoms with Gasteiger partial charge in [0.05, 0.1) is 16.7 Å². The Morgan fingerprint density at radius 2 is 0.796 bits per heavy atom. The van der Waals surface area contributed by atoms with Gasteiger partial charge >= 0.3 is 0 Å². The lowest BCUT2D eigenvalue weighted by Gasteiger charge is -2.26. The van der Waals surface area contributed by atoms with Gasteiger partial charge in [0.15, 0.2) is 0 Å². The predicted octanol–water partition coefficient (Wildman–Crippen LogP) is 14.4. The van der Waals surface area contributed by atoms with Crippen LogP contribution in [-0.4, -0.2) is 4.57 Å². The van der Waals surface area contributed by atoms with Crippen LogP contribution >= 0.6 is 0 Å². The van der Waals surface area contributed by atoms with E-state index in [-0.39, 0.29) is 0 Å². The number of benzene rings is 9. The molecule has 0 unspecified atom stereocenters. The minimum Gasteiger partial charge on any atom is -0.310 e. The SMILES string of the molecule is c1ccc(-c2cccc(N(c3ccc(-c4ccccc4-n4c5ccccc5c5ccccc54)cc3)c3ccc(-c4cccc5ccccc45)cc3)c2)cc1. The first kappa shape index (κ1) is 31.6. The minimum absolute atomic E-state index is 1.09. The van der Waals surface area contributed by atoms with Crippen molar-refractivity contribution in [2.75, 3.05) is 4.90 Å². The van der Waals surface area contributed by atoms with E-state index in [1.807, 2.05) is 0 Å². The summed E-state index contributed by atoms with van der Waals surface area (Å²) in [5.41, 5.74) is 14.1. The van der Waals surface area contributed by atoms with Gasteiger partial charge in [0.1, 0.15) is 0 Å². The van der Waals surface area contributed by atoms with Crippen LogP contribution in [0.5, 0.6) is 0 Å². The van der Waals surface area contributed by atoms with Gasteiger partial charge in [0.25, 0.3) is 0 Å². The molecule has 2 heteroatoms. The Bertz CT molecular complexity index is 2860. The summed E-state index contributed by atoms with van der Waals surface area (Å²) in [6, 6.07) is 78.8. The molecule has 9 aromatic carbocycles. The number of nitrogens with zero attached hydrogens (tertiary/aromatic N) is 2. The average Bonchev–Trinajstić information content (AvgIpc) is 3.59. The van der Waals surface area contributed by atoms with Gasteiger partial charge in [-0.1, -0.05) is 164 Å². The predicted molar refractivity (Wildman–Crippen MR) is 229 cm³/mol. The fourth-order valence-corrected chi connectivity index (χ4v) is 8.05. The lowest BCUT2D eigenvalue weighted by Crippen LogP contribution is -2.10. The fourth-order valence-electron chi connectivity index (χ4n) is 8.05. The Morgan fingerprint density at radius 1 is 0.296 bits per heavy atom. The zero-order valence-corrected chi connectivity index (χ0v) is 29.7. The van der Waals surface area contributed by atoms with E-state index in [4.69, 9.17) is 0 Å². The van der Waals surface area contributed by atoms with Crippen molar-refractivity contribution in [3.63, 3.8) is 0 Å². The Hall–Kier alpha value is -7.16. The van der Waals surface area contributed by atoms with Gasteiger partial charge in [-0.15, -0.1) is 0 Å². The standard InChI is InChI=1S/C52H36N2/c1-2-14-37(15-3-1)41-18-12-19-44(36-41)53(42-32-28-39(29-33-42)46-24-13-17-38-16-4-5-20-45(38)46)43-34-30-40(31-35-43)47-21-6-9-25-50(47)54-51-26-10-7-22-48(51)49-23-8-11-27-52(49)54/h1-36H. The largest absolute Gasteiger partial charge is 0.310 e. The molecule has 0 radical (unpaired) electrons. The molecule has 1 heterocycles. The van der Waals surface area contributed by atoms with Gasteiger partial charge in [0.2, 0.25) is 0 Å². The molecule has 10 aromatic rings. The topological polar surface area (TPSA) is 8.17 Å². The van der Waals surface area contributed by atoms with E-state index in [1.54, 1.807) is 0 Å². The third kappa shape index (κ3) is 5.53. The smallest absolute Gasteiger partial charge is 0.0541 e. The molecule has 0 aliphatic rings. The molecule has 0 atom stereocenters. The monoisotopic (exact) mass is 688 g/mol. The molecule has 0 aliphatic carbocycles. The summed E-state index contributed by atoms with van der Waals surface area (Å²) < 4.78 is 2.41. The summed E-state index contributed by atoms with van der Waals surface area (Å²) in [6.07, 6.45) is 0. The third-order valence-electron chi connectivity index (χ3n) is 10.6. The third-order valence-corrected chi connectivity index (χ3v) is 10.6. The summed E-state index contributed by atoms with van der Waals surface area (Å²) in [4.78, 5) is 2.36. The molecule has 0 N–H and O–H groups in total. The number of aromatic nitrogens is 1. The van der Waals surface area contributed by atoms with Crippen molar-refractivity contribution in [2.45, 2.75) is 0 Å². The highest BCUT2D eigenvalue weighted by molar-refractivity contribution is 6.09. The Morgan fingerprint density at radius 3 is 1.50 bits per heavy atom. The van der Waals surface area contributed by atoms with Crippen molar-refractivity contribution in [1.29, 1.82) is 0 Å². The molecule has 2 nitrogen and oxygen atoms in total. The molecule has 0 spiro atoms. The number of hydrogen-bond donors (Lipinski definition) is 0. The maximum absolute atomic E-state index is 2.41. The normalized spacial score (nSPS) is 11.3. The minimum atomic E-state index is 1.09. The van der Waals surface area contributed by atoms with E-state index in [0.717, 1.165) is 17.1 Å². The molecule has 0 amide bonds. The van der Waals surface area contributed by atoms with E-state index in [2.05, 4.69) is 228 Å². The van der Waals surface area contributed by atoms with E-state index < -0.39 is 0 Å². The summed E-state index contributed by atoms with van der Waals surface area (Å²) in [6.45, 7) is 0.